The van der Waals surface area contributed by atoms with Crippen molar-refractivity contribution in [1.29, 1.82) is 0 Å². The molecule has 0 aliphatic rings. The van der Waals surface area contributed by atoms with Gasteiger partial charge >= 0.3 is 0 Å². The third kappa shape index (κ3) is 4.40. The van der Waals surface area contributed by atoms with Crippen molar-refractivity contribution < 1.29 is 18.6 Å². The molecule has 0 heterocycles. The van der Waals surface area contributed by atoms with E-state index in [4.69, 9.17) is 28.3 Å². The standard InChI is InChI=1S/C6H10Cl2F2O2/c7-1-5(11)6(8)12-4(2-9)3-10/h4-6,11H,1-3H2. The van der Waals surface area contributed by atoms with Gasteiger partial charge in [0.2, 0.25) is 0 Å². The van der Waals surface area contributed by atoms with Crippen LogP contribution in [0, 0.1) is 0 Å². The van der Waals surface area contributed by atoms with Gasteiger partial charge < -0.3 is 9.84 Å². The minimum absolute atomic E-state index is 0.139. The lowest BCUT2D eigenvalue weighted by molar-refractivity contribution is -0.0439. The van der Waals surface area contributed by atoms with Crippen LogP contribution in [0.4, 0.5) is 8.78 Å². The molecule has 0 saturated heterocycles. The lowest BCUT2D eigenvalue weighted by Crippen LogP contribution is -2.31. The van der Waals surface area contributed by atoms with Gasteiger partial charge in [-0.05, 0) is 0 Å². The zero-order chi connectivity index (χ0) is 9.56. The van der Waals surface area contributed by atoms with E-state index in [9.17, 15) is 8.78 Å². The van der Waals surface area contributed by atoms with Gasteiger partial charge in [-0.2, -0.15) is 0 Å². The summed E-state index contributed by atoms with van der Waals surface area (Å²) in [7, 11) is 0. The molecule has 0 fully saturated rings. The average Bonchev–Trinajstić information content (AvgIpc) is 2.12. The second kappa shape index (κ2) is 6.83. The Labute approximate surface area is 79.4 Å². The Bertz CT molecular complexity index is 114. The fraction of sp³-hybridized carbons (Fsp3) is 1.00. The van der Waals surface area contributed by atoms with E-state index >= 15 is 0 Å². The number of hydrogen-bond donors (Lipinski definition) is 1. The van der Waals surface area contributed by atoms with E-state index in [1.54, 1.807) is 0 Å². The molecule has 0 amide bonds. The van der Waals surface area contributed by atoms with Crippen LogP contribution in [0.25, 0.3) is 0 Å². The smallest absolute Gasteiger partial charge is 0.158 e. The van der Waals surface area contributed by atoms with Gasteiger partial charge in [-0.15, -0.1) is 11.6 Å². The summed E-state index contributed by atoms with van der Waals surface area (Å²) in [5.41, 5.74) is -1.17. The van der Waals surface area contributed by atoms with E-state index in [0.717, 1.165) is 0 Å². The molecule has 0 aliphatic carbocycles. The van der Waals surface area contributed by atoms with Crippen molar-refractivity contribution in [2.24, 2.45) is 0 Å². The fourth-order valence-electron chi connectivity index (χ4n) is 0.459. The molecule has 0 spiro atoms. The van der Waals surface area contributed by atoms with E-state index < -0.39 is 31.1 Å². The van der Waals surface area contributed by atoms with Crippen molar-refractivity contribution >= 4 is 23.2 Å². The average molecular weight is 223 g/mol. The quantitative estimate of drug-likeness (QED) is 0.691. The van der Waals surface area contributed by atoms with E-state index in [1.165, 1.54) is 0 Å². The van der Waals surface area contributed by atoms with Crippen LogP contribution < -0.4 is 0 Å². The number of halogens is 4. The first kappa shape index (κ1) is 12.4. The highest BCUT2D eigenvalue weighted by Crippen LogP contribution is 2.10. The van der Waals surface area contributed by atoms with E-state index in [-0.39, 0.29) is 5.88 Å². The van der Waals surface area contributed by atoms with Crippen LogP contribution in [0.2, 0.25) is 0 Å². The zero-order valence-electron chi connectivity index (χ0n) is 6.22. The van der Waals surface area contributed by atoms with Gasteiger partial charge in [-0.1, -0.05) is 11.6 Å². The van der Waals surface area contributed by atoms with Crippen LogP contribution >= 0.6 is 23.2 Å². The molecule has 0 aliphatic heterocycles. The first-order chi connectivity index (χ1) is 5.65. The predicted molar refractivity (Wildman–Crippen MR) is 43.2 cm³/mol. The number of hydrogen-bond acceptors (Lipinski definition) is 2. The molecule has 6 heteroatoms. The molecule has 0 aromatic heterocycles. The van der Waals surface area contributed by atoms with Crippen LogP contribution in [0.5, 0.6) is 0 Å². The Morgan fingerprint density at radius 3 is 2.17 bits per heavy atom. The maximum Gasteiger partial charge on any atom is 0.158 e. The molecule has 0 rings (SSSR count). The third-order valence-electron chi connectivity index (χ3n) is 1.13. The van der Waals surface area contributed by atoms with Crippen LogP contribution in [0.3, 0.4) is 0 Å². The Kier molecular flexibility index (Phi) is 7.04. The Morgan fingerprint density at radius 1 is 1.33 bits per heavy atom. The van der Waals surface area contributed by atoms with Crippen molar-refractivity contribution in [3.8, 4) is 0 Å². The summed E-state index contributed by atoms with van der Waals surface area (Å²) in [5.74, 6) is -0.139. The van der Waals surface area contributed by atoms with Gasteiger partial charge in [0.05, 0.1) is 5.88 Å². The van der Waals surface area contributed by atoms with Crippen molar-refractivity contribution in [1.82, 2.24) is 0 Å². The van der Waals surface area contributed by atoms with Crippen molar-refractivity contribution in [2.75, 3.05) is 19.2 Å². The van der Waals surface area contributed by atoms with Crippen LogP contribution in [-0.2, 0) is 4.74 Å². The Balaban J connectivity index is 3.72. The maximum atomic E-state index is 11.8. The summed E-state index contributed by atoms with van der Waals surface area (Å²) < 4.78 is 28.3. The molecule has 74 valence electrons. The summed E-state index contributed by atoms with van der Waals surface area (Å²) in [6, 6.07) is 0. The third-order valence-corrected chi connectivity index (χ3v) is 1.84. The summed E-state index contributed by atoms with van der Waals surface area (Å²) in [6.45, 7) is -1.95. The molecule has 2 nitrogen and oxygen atoms in total. The first-order valence-corrected chi connectivity index (χ1v) is 4.28. The van der Waals surface area contributed by atoms with Gasteiger partial charge in [0.25, 0.3) is 0 Å². The number of aliphatic hydroxyl groups is 1. The number of ether oxygens (including phenoxy) is 1. The van der Waals surface area contributed by atoms with E-state index in [0.29, 0.717) is 0 Å². The van der Waals surface area contributed by atoms with E-state index in [2.05, 4.69) is 4.74 Å². The minimum Gasteiger partial charge on any atom is -0.388 e. The summed E-state index contributed by atoms with van der Waals surface area (Å²) in [6.07, 6.45) is -2.33. The summed E-state index contributed by atoms with van der Waals surface area (Å²) in [4.78, 5) is 0. The molecule has 2 unspecified atom stereocenters. The van der Waals surface area contributed by atoms with Gasteiger partial charge in [0, 0.05) is 0 Å². The lowest BCUT2D eigenvalue weighted by Gasteiger charge is -2.18. The van der Waals surface area contributed by atoms with Crippen molar-refractivity contribution in [2.45, 2.75) is 17.8 Å². The van der Waals surface area contributed by atoms with Crippen molar-refractivity contribution in [3.63, 3.8) is 0 Å². The summed E-state index contributed by atoms with van der Waals surface area (Å²) >= 11 is 10.6. The molecule has 0 aromatic rings. The topological polar surface area (TPSA) is 29.5 Å². The molecule has 12 heavy (non-hydrogen) atoms. The highest BCUT2D eigenvalue weighted by Gasteiger charge is 2.20. The normalized spacial score (nSPS) is 16.5. The van der Waals surface area contributed by atoms with Crippen molar-refractivity contribution in [3.05, 3.63) is 0 Å². The molecule has 0 aromatic carbocycles. The van der Waals surface area contributed by atoms with E-state index in [1.807, 2.05) is 0 Å². The molecule has 1 N–H and O–H groups in total. The largest absolute Gasteiger partial charge is 0.388 e. The highest BCUT2D eigenvalue weighted by atomic mass is 35.5. The first-order valence-electron chi connectivity index (χ1n) is 3.31. The predicted octanol–water partition coefficient (Wildman–Crippen LogP) is 1.48. The summed E-state index contributed by atoms with van der Waals surface area (Å²) in [5, 5.41) is 8.93. The second-order valence-corrected chi connectivity index (χ2v) is 2.88. The van der Waals surface area contributed by atoms with Gasteiger partial charge in [0.15, 0.2) is 5.56 Å². The van der Waals surface area contributed by atoms with Crippen LogP contribution in [0.1, 0.15) is 0 Å². The molecule has 0 bridgehead atoms. The van der Waals surface area contributed by atoms with Crippen LogP contribution in [0.15, 0.2) is 0 Å². The fourth-order valence-corrected chi connectivity index (χ4v) is 0.946. The molecular weight excluding hydrogens is 213 g/mol. The molecule has 2 atom stereocenters. The SMILES string of the molecule is OC(CCl)C(Cl)OC(CF)CF. The van der Waals surface area contributed by atoms with Gasteiger partial charge in [0.1, 0.15) is 25.6 Å². The molecular formula is C6H10Cl2F2O2. The van der Waals surface area contributed by atoms with Crippen LogP contribution in [-0.4, -0.2) is 42.1 Å². The molecule has 0 saturated carbocycles. The van der Waals surface area contributed by atoms with Gasteiger partial charge in [-0.3, -0.25) is 0 Å². The Hall–Kier alpha value is 0.360. The number of rotatable bonds is 6. The number of alkyl halides is 4. The second-order valence-electron chi connectivity index (χ2n) is 2.14. The maximum absolute atomic E-state index is 11.8. The number of aliphatic hydroxyl groups excluding tert-OH is 1. The monoisotopic (exact) mass is 222 g/mol. The highest BCUT2D eigenvalue weighted by molar-refractivity contribution is 6.22. The zero-order valence-corrected chi connectivity index (χ0v) is 7.73. The Morgan fingerprint density at radius 2 is 1.83 bits per heavy atom. The van der Waals surface area contributed by atoms with Gasteiger partial charge in [-0.25, -0.2) is 8.78 Å². The molecule has 0 radical (unpaired) electrons. The minimum atomic E-state index is -1.22. The lowest BCUT2D eigenvalue weighted by atomic mass is 10.4.